The highest BCUT2D eigenvalue weighted by Gasteiger charge is 2.31. The minimum atomic E-state index is -0.706. The quantitative estimate of drug-likeness (QED) is 0.873. The molecule has 3 nitrogen and oxygen atoms in total. The van der Waals surface area contributed by atoms with Crippen LogP contribution in [0.15, 0.2) is 40.9 Å². The van der Waals surface area contributed by atoms with Gasteiger partial charge in [0.15, 0.2) is 0 Å². The Labute approximate surface area is 122 Å². The summed E-state index contributed by atoms with van der Waals surface area (Å²) in [7, 11) is 0. The molecule has 102 valence electrons. The first-order chi connectivity index (χ1) is 9.54. The third-order valence-electron chi connectivity index (χ3n) is 3.08. The van der Waals surface area contributed by atoms with E-state index in [-0.39, 0.29) is 11.7 Å². The smallest absolute Gasteiger partial charge is 0.251 e. The van der Waals surface area contributed by atoms with E-state index in [9.17, 15) is 13.6 Å². The van der Waals surface area contributed by atoms with E-state index in [1.54, 1.807) is 0 Å². The van der Waals surface area contributed by atoms with Crippen molar-refractivity contribution in [2.24, 2.45) is 0 Å². The van der Waals surface area contributed by atoms with Crippen LogP contribution in [0.1, 0.15) is 11.6 Å². The normalized spacial score (nSPS) is 16.8. The molecule has 0 saturated heterocycles. The van der Waals surface area contributed by atoms with Crippen LogP contribution in [-0.4, -0.2) is 5.91 Å². The van der Waals surface area contributed by atoms with Gasteiger partial charge >= 0.3 is 0 Å². The van der Waals surface area contributed by atoms with Crippen LogP contribution in [0, 0.1) is 11.6 Å². The molecule has 2 aromatic carbocycles. The fraction of sp³-hybridized carbons (Fsp3) is 0.0714. The number of benzene rings is 2. The summed E-state index contributed by atoms with van der Waals surface area (Å²) in [5.74, 6) is -1.07. The molecule has 0 fully saturated rings. The molecule has 0 aromatic heterocycles. The molecular formula is C14H9BrF2N2O. The van der Waals surface area contributed by atoms with E-state index in [4.69, 9.17) is 0 Å². The van der Waals surface area contributed by atoms with Crippen molar-refractivity contribution in [2.75, 3.05) is 10.6 Å². The standard InChI is InChI=1S/C14H9BrF2N2O/c15-10-6-8(17)2-4-12(10)18-13-9-5-7(16)1-3-11(9)19-14(13)20/h1-6,13,18H,(H,19,20). The number of hydrogen-bond acceptors (Lipinski definition) is 2. The van der Waals surface area contributed by atoms with Gasteiger partial charge in [-0.05, 0) is 52.3 Å². The number of halogens is 3. The second-order valence-corrected chi connectivity index (χ2v) is 5.28. The van der Waals surface area contributed by atoms with Crippen LogP contribution in [0.25, 0.3) is 0 Å². The molecular weight excluding hydrogens is 330 g/mol. The van der Waals surface area contributed by atoms with Crippen molar-refractivity contribution in [1.29, 1.82) is 0 Å². The zero-order valence-electron chi connectivity index (χ0n) is 10.1. The summed E-state index contributed by atoms with van der Waals surface area (Å²) in [4.78, 5) is 11.9. The number of carbonyl (C=O) groups is 1. The van der Waals surface area contributed by atoms with Crippen LogP contribution in [0.5, 0.6) is 0 Å². The molecule has 1 aliphatic heterocycles. The first kappa shape index (κ1) is 13.1. The zero-order valence-corrected chi connectivity index (χ0v) is 11.7. The number of anilines is 2. The van der Waals surface area contributed by atoms with Gasteiger partial charge in [0.05, 0.1) is 0 Å². The highest BCUT2D eigenvalue weighted by Crippen LogP contribution is 2.35. The van der Waals surface area contributed by atoms with Gasteiger partial charge in [0.25, 0.3) is 5.91 Å². The van der Waals surface area contributed by atoms with Gasteiger partial charge < -0.3 is 10.6 Å². The molecule has 0 radical (unpaired) electrons. The molecule has 1 heterocycles. The van der Waals surface area contributed by atoms with Crippen LogP contribution < -0.4 is 10.6 Å². The SMILES string of the molecule is O=C1Nc2ccc(F)cc2C1Nc1ccc(F)cc1Br. The van der Waals surface area contributed by atoms with E-state index >= 15 is 0 Å². The molecule has 0 aliphatic carbocycles. The summed E-state index contributed by atoms with van der Waals surface area (Å²) in [5, 5.41) is 5.65. The predicted molar refractivity (Wildman–Crippen MR) is 75.5 cm³/mol. The fourth-order valence-corrected chi connectivity index (χ4v) is 2.60. The zero-order chi connectivity index (χ0) is 14.3. The van der Waals surface area contributed by atoms with E-state index in [1.165, 1.54) is 36.4 Å². The minimum Gasteiger partial charge on any atom is -0.369 e. The maximum Gasteiger partial charge on any atom is 0.251 e. The number of hydrogen-bond donors (Lipinski definition) is 2. The Morgan fingerprint density at radius 1 is 1.10 bits per heavy atom. The predicted octanol–water partition coefficient (Wildman–Crippen LogP) is 3.83. The maximum atomic E-state index is 13.3. The second kappa shape index (κ2) is 4.86. The fourth-order valence-electron chi connectivity index (χ4n) is 2.14. The van der Waals surface area contributed by atoms with Crippen molar-refractivity contribution in [2.45, 2.75) is 6.04 Å². The lowest BCUT2D eigenvalue weighted by Crippen LogP contribution is -2.19. The molecule has 6 heteroatoms. The molecule has 3 rings (SSSR count). The Balaban J connectivity index is 1.95. The first-order valence-corrected chi connectivity index (χ1v) is 6.66. The lowest BCUT2D eigenvalue weighted by Gasteiger charge is -2.14. The van der Waals surface area contributed by atoms with Crippen molar-refractivity contribution < 1.29 is 13.6 Å². The number of amides is 1. The topological polar surface area (TPSA) is 41.1 Å². The van der Waals surface area contributed by atoms with Crippen LogP contribution in [-0.2, 0) is 4.79 Å². The molecule has 0 spiro atoms. The van der Waals surface area contributed by atoms with Crippen molar-refractivity contribution in [3.05, 3.63) is 58.1 Å². The largest absolute Gasteiger partial charge is 0.369 e. The Morgan fingerprint density at radius 3 is 2.55 bits per heavy atom. The Kier molecular flexibility index (Phi) is 3.17. The molecule has 1 unspecified atom stereocenters. The van der Waals surface area contributed by atoms with Gasteiger partial charge in [-0.3, -0.25) is 4.79 Å². The van der Waals surface area contributed by atoms with Crippen molar-refractivity contribution in [3.8, 4) is 0 Å². The van der Waals surface area contributed by atoms with E-state index in [1.807, 2.05) is 0 Å². The third kappa shape index (κ3) is 2.27. The summed E-state index contributed by atoms with van der Waals surface area (Å²) in [6, 6.07) is 7.50. The highest BCUT2D eigenvalue weighted by atomic mass is 79.9. The first-order valence-electron chi connectivity index (χ1n) is 5.86. The van der Waals surface area contributed by atoms with Crippen LogP contribution in [0.3, 0.4) is 0 Å². The second-order valence-electron chi connectivity index (χ2n) is 4.42. The van der Waals surface area contributed by atoms with Crippen molar-refractivity contribution in [1.82, 2.24) is 0 Å². The molecule has 1 aliphatic rings. The molecule has 2 aromatic rings. The summed E-state index contributed by atoms with van der Waals surface area (Å²) in [6.45, 7) is 0. The van der Waals surface area contributed by atoms with Gasteiger partial charge in [0.1, 0.15) is 17.7 Å². The Morgan fingerprint density at radius 2 is 1.80 bits per heavy atom. The lowest BCUT2D eigenvalue weighted by atomic mass is 10.1. The highest BCUT2D eigenvalue weighted by molar-refractivity contribution is 9.10. The van der Waals surface area contributed by atoms with Gasteiger partial charge in [-0.25, -0.2) is 8.78 Å². The summed E-state index contributed by atoms with van der Waals surface area (Å²) < 4.78 is 26.8. The average Bonchev–Trinajstić information content (AvgIpc) is 2.69. The molecule has 20 heavy (non-hydrogen) atoms. The minimum absolute atomic E-state index is 0.276. The molecule has 1 amide bonds. The van der Waals surface area contributed by atoms with E-state index in [0.29, 0.717) is 21.4 Å². The Hall–Kier alpha value is -1.95. The molecule has 0 bridgehead atoms. The van der Waals surface area contributed by atoms with Crippen LogP contribution in [0.2, 0.25) is 0 Å². The van der Waals surface area contributed by atoms with Crippen LogP contribution >= 0.6 is 15.9 Å². The molecule has 2 N–H and O–H groups in total. The van der Waals surface area contributed by atoms with Crippen molar-refractivity contribution >= 4 is 33.2 Å². The Bertz CT molecular complexity index is 706. The van der Waals surface area contributed by atoms with Gasteiger partial charge in [-0.15, -0.1) is 0 Å². The number of fused-ring (bicyclic) bond motifs is 1. The number of rotatable bonds is 2. The number of carbonyl (C=O) groups excluding carboxylic acids is 1. The summed E-state index contributed by atoms with van der Waals surface area (Å²) in [6.07, 6.45) is 0. The van der Waals surface area contributed by atoms with Gasteiger partial charge in [-0.2, -0.15) is 0 Å². The van der Waals surface area contributed by atoms with Crippen molar-refractivity contribution in [3.63, 3.8) is 0 Å². The van der Waals surface area contributed by atoms with E-state index < -0.39 is 11.9 Å². The van der Waals surface area contributed by atoms with Gasteiger partial charge in [0.2, 0.25) is 0 Å². The summed E-state index contributed by atoms with van der Waals surface area (Å²) in [5.41, 5.74) is 1.67. The third-order valence-corrected chi connectivity index (χ3v) is 3.73. The maximum absolute atomic E-state index is 13.3. The van der Waals surface area contributed by atoms with E-state index in [2.05, 4.69) is 26.6 Å². The van der Waals surface area contributed by atoms with Crippen LogP contribution in [0.4, 0.5) is 20.2 Å². The summed E-state index contributed by atoms with van der Waals surface area (Å²) >= 11 is 3.22. The van der Waals surface area contributed by atoms with Gasteiger partial charge in [0, 0.05) is 21.4 Å². The number of nitrogens with one attached hydrogen (secondary N) is 2. The molecule has 0 saturated carbocycles. The van der Waals surface area contributed by atoms with Gasteiger partial charge in [-0.1, -0.05) is 0 Å². The average molecular weight is 339 g/mol. The lowest BCUT2D eigenvalue weighted by molar-refractivity contribution is -0.116. The molecule has 1 atom stereocenters. The monoisotopic (exact) mass is 338 g/mol. The van der Waals surface area contributed by atoms with E-state index in [0.717, 1.165) is 0 Å².